The Kier molecular flexibility index (Phi) is 10.5. The summed E-state index contributed by atoms with van der Waals surface area (Å²) in [6, 6.07) is 10.8. The standard InChI is InChI=1S/C29H37ClFN3O2/c1-4-6-7-8-9-10-11-16-27(35)33(19-5-2)21(3)28-32-26-15-13-12-14-23(26)29(36)34(28)22-17-18-25(31)24(30)20-22/h12-15,17-18,20-21H,4-11,16,19H2,1-3H3. The van der Waals surface area contributed by atoms with Crippen LogP contribution in [-0.4, -0.2) is 26.9 Å². The Morgan fingerprint density at radius 3 is 2.42 bits per heavy atom. The van der Waals surface area contributed by atoms with E-state index in [4.69, 9.17) is 16.6 Å². The van der Waals surface area contributed by atoms with Crippen molar-refractivity contribution in [2.45, 2.75) is 84.6 Å². The van der Waals surface area contributed by atoms with Gasteiger partial charge in [0.2, 0.25) is 5.91 Å². The van der Waals surface area contributed by atoms with E-state index in [9.17, 15) is 14.0 Å². The van der Waals surface area contributed by atoms with Gasteiger partial charge in [0.05, 0.1) is 27.7 Å². The van der Waals surface area contributed by atoms with E-state index in [1.165, 1.54) is 48.4 Å². The Labute approximate surface area is 218 Å². The fourth-order valence-corrected chi connectivity index (χ4v) is 4.77. The summed E-state index contributed by atoms with van der Waals surface area (Å²) < 4.78 is 15.4. The molecule has 0 aliphatic rings. The smallest absolute Gasteiger partial charge is 0.266 e. The third-order valence-corrected chi connectivity index (χ3v) is 6.87. The fourth-order valence-electron chi connectivity index (χ4n) is 4.60. The van der Waals surface area contributed by atoms with Crippen LogP contribution in [0.15, 0.2) is 47.3 Å². The average molecular weight is 514 g/mol. The van der Waals surface area contributed by atoms with Gasteiger partial charge in [-0.1, -0.05) is 76.1 Å². The van der Waals surface area contributed by atoms with Crippen molar-refractivity contribution in [3.05, 3.63) is 69.5 Å². The zero-order valence-corrected chi connectivity index (χ0v) is 22.4. The number of halogens is 2. The molecule has 0 spiro atoms. The summed E-state index contributed by atoms with van der Waals surface area (Å²) in [6.45, 7) is 6.69. The van der Waals surface area contributed by atoms with Gasteiger partial charge in [0, 0.05) is 13.0 Å². The van der Waals surface area contributed by atoms with Crippen LogP contribution in [0.25, 0.3) is 16.6 Å². The highest BCUT2D eigenvalue weighted by Crippen LogP contribution is 2.26. The molecule has 0 aliphatic heterocycles. The number of carbonyl (C=O) groups excluding carboxylic acids is 1. The lowest BCUT2D eigenvalue weighted by Crippen LogP contribution is -2.37. The van der Waals surface area contributed by atoms with Gasteiger partial charge in [-0.25, -0.2) is 9.37 Å². The minimum atomic E-state index is -0.561. The maximum atomic E-state index is 13.9. The van der Waals surface area contributed by atoms with Crippen LogP contribution >= 0.6 is 11.6 Å². The Morgan fingerprint density at radius 1 is 1.03 bits per heavy atom. The van der Waals surface area contributed by atoms with E-state index in [1.54, 1.807) is 18.2 Å². The minimum absolute atomic E-state index is 0.0593. The van der Waals surface area contributed by atoms with Crippen molar-refractivity contribution in [3.63, 3.8) is 0 Å². The van der Waals surface area contributed by atoms with E-state index in [-0.39, 0.29) is 16.5 Å². The van der Waals surface area contributed by atoms with Crippen LogP contribution in [0, 0.1) is 5.82 Å². The predicted molar refractivity (Wildman–Crippen MR) is 145 cm³/mol. The van der Waals surface area contributed by atoms with Crippen molar-refractivity contribution < 1.29 is 9.18 Å². The number of rotatable bonds is 13. The molecule has 1 aromatic heterocycles. The summed E-state index contributed by atoms with van der Waals surface area (Å²) in [5, 5.41) is 0.372. The minimum Gasteiger partial charge on any atom is -0.333 e. The van der Waals surface area contributed by atoms with Crippen LogP contribution in [0.5, 0.6) is 0 Å². The molecule has 0 saturated carbocycles. The van der Waals surface area contributed by atoms with Crippen molar-refractivity contribution in [2.75, 3.05) is 6.54 Å². The topological polar surface area (TPSA) is 55.2 Å². The number of aromatic nitrogens is 2. The highest BCUT2D eigenvalue weighted by molar-refractivity contribution is 6.30. The molecule has 3 rings (SSSR count). The molecule has 1 heterocycles. The first-order valence-electron chi connectivity index (χ1n) is 13.2. The van der Waals surface area contributed by atoms with Crippen molar-refractivity contribution >= 4 is 28.4 Å². The Bertz CT molecular complexity index is 1230. The van der Waals surface area contributed by atoms with Gasteiger partial charge in [-0.05, 0) is 50.1 Å². The number of fused-ring (bicyclic) bond motifs is 1. The number of hydrogen-bond acceptors (Lipinski definition) is 3. The van der Waals surface area contributed by atoms with E-state index >= 15 is 0 Å². The van der Waals surface area contributed by atoms with Crippen LogP contribution in [0.2, 0.25) is 5.02 Å². The summed E-state index contributed by atoms with van der Waals surface area (Å²) in [4.78, 5) is 33.6. The maximum Gasteiger partial charge on any atom is 0.266 e. The second kappa shape index (κ2) is 13.5. The normalized spacial score (nSPS) is 12.1. The van der Waals surface area contributed by atoms with Crippen LogP contribution in [-0.2, 0) is 4.79 Å². The molecule has 0 N–H and O–H groups in total. The van der Waals surface area contributed by atoms with Gasteiger partial charge in [0.25, 0.3) is 5.56 Å². The van der Waals surface area contributed by atoms with Crippen LogP contribution < -0.4 is 5.56 Å². The predicted octanol–water partition coefficient (Wildman–Crippen LogP) is 7.62. The number of para-hydroxylation sites is 1. The largest absolute Gasteiger partial charge is 0.333 e. The third kappa shape index (κ3) is 6.73. The van der Waals surface area contributed by atoms with Crippen molar-refractivity contribution in [1.82, 2.24) is 14.5 Å². The molecule has 3 aromatic rings. The molecular formula is C29H37ClFN3O2. The number of nitrogens with zero attached hydrogens (tertiary/aromatic N) is 3. The van der Waals surface area contributed by atoms with Crippen molar-refractivity contribution in [1.29, 1.82) is 0 Å². The lowest BCUT2D eigenvalue weighted by molar-refractivity contribution is -0.133. The van der Waals surface area contributed by atoms with Gasteiger partial charge in [-0.2, -0.15) is 0 Å². The van der Waals surface area contributed by atoms with E-state index in [0.717, 1.165) is 25.7 Å². The van der Waals surface area contributed by atoms with Crippen molar-refractivity contribution in [2.24, 2.45) is 0 Å². The summed E-state index contributed by atoms with van der Waals surface area (Å²) in [5.41, 5.74) is 0.702. The highest BCUT2D eigenvalue weighted by Gasteiger charge is 2.26. The SMILES string of the molecule is CCCCCCCCCC(=O)N(CCC)C(C)c1nc2ccccc2c(=O)n1-c1ccc(F)c(Cl)c1. The summed E-state index contributed by atoms with van der Waals surface area (Å²) in [6.07, 6.45) is 9.24. The van der Waals surface area contributed by atoms with E-state index in [1.807, 2.05) is 24.8 Å². The molecule has 5 nitrogen and oxygen atoms in total. The zero-order chi connectivity index (χ0) is 26.1. The highest BCUT2D eigenvalue weighted by atomic mass is 35.5. The van der Waals surface area contributed by atoms with E-state index in [2.05, 4.69) is 6.92 Å². The second-order valence-corrected chi connectivity index (χ2v) is 9.77. The van der Waals surface area contributed by atoms with Gasteiger partial charge in [-0.3, -0.25) is 14.2 Å². The van der Waals surface area contributed by atoms with E-state index in [0.29, 0.717) is 35.4 Å². The molecule has 0 saturated heterocycles. The first-order valence-corrected chi connectivity index (χ1v) is 13.5. The van der Waals surface area contributed by atoms with Gasteiger partial charge >= 0.3 is 0 Å². The van der Waals surface area contributed by atoms with Crippen LogP contribution in [0.4, 0.5) is 4.39 Å². The number of hydrogen-bond donors (Lipinski definition) is 0. The van der Waals surface area contributed by atoms with Gasteiger partial charge in [-0.15, -0.1) is 0 Å². The average Bonchev–Trinajstić information content (AvgIpc) is 2.88. The quantitative estimate of drug-likeness (QED) is 0.221. The van der Waals surface area contributed by atoms with Gasteiger partial charge in [0.1, 0.15) is 11.6 Å². The molecule has 0 radical (unpaired) electrons. The van der Waals surface area contributed by atoms with E-state index < -0.39 is 11.9 Å². The summed E-state index contributed by atoms with van der Waals surface area (Å²) in [5.74, 6) is -0.0685. The number of unbranched alkanes of at least 4 members (excludes halogenated alkanes) is 6. The number of benzene rings is 2. The fraction of sp³-hybridized carbons (Fsp3) is 0.483. The summed E-state index contributed by atoms with van der Waals surface area (Å²) >= 11 is 6.06. The molecule has 194 valence electrons. The third-order valence-electron chi connectivity index (χ3n) is 6.58. The van der Waals surface area contributed by atoms with Crippen molar-refractivity contribution in [3.8, 4) is 5.69 Å². The van der Waals surface area contributed by atoms with Gasteiger partial charge < -0.3 is 4.90 Å². The second-order valence-electron chi connectivity index (χ2n) is 9.36. The van der Waals surface area contributed by atoms with Crippen LogP contribution in [0.1, 0.15) is 90.4 Å². The molecule has 0 fully saturated rings. The molecule has 2 aromatic carbocycles. The molecule has 1 unspecified atom stereocenters. The Balaban J connectivity index is 1.93. The lowest BCUT2D eigenvalue weighted by Gasteiger charge is -2.30. The van der Waals surface area contributed by atoms with Gasteiger partial charge in [0.15, 0.2) is 0 Å². The zero-order valence-electron chi connectivity index (χ0n) is 21.6. The summed E-state index contributed by atoms with van der Waals surface area (Å²) in [7, 11) is 0. The lowest BCUT2D eigenvalue weighted by atomic mass is 10.1. The molecule has 1 atom stereocenters. The molecule has 36 heavy (non-hydrogen) atoms. The number of carbonyl (C=O) groups is 1. The monoisotopic (exact) mass is 513 g/mol. The molecule has 7 heteroatoms. The Morgan fingerprint density at radius 2 is 1.72 bits per heavy atom. The first-order chi connectivity index (χ1) is 17.4. The molecule has 0 bridgehead atoms. The molecular weight excluding hydrogens is 477 g/mol. The Hall–Kier alpha value is -2.73. The van der Waals surface area contributed by atoms with Crippen LogP contribution in [0.3, 0.4) is 0 Å². The number of amides is 1. The molecule has 0 aliphatic carbocycles. The maximum absolute atomic E-state index is 13.9. The molecule has 1 amide bonds. The first kappa shape index (κ1) is 27.9.